The zero-order chi connectivity index (χ0) is 21.6. The van der Waals surface area contributed by atoms with Crippen LogP contribution in [0.3, 0.4) is 0 Å². The predicted octanol–water partition coefficient (Wildman–Crippen LogP) is 6.05. The molecule has 0 aliphatic heterocycles. The number of nitrogens with one attached hydrogen (secondary N) is 1. The molecule has 156 valence electrons. The van der Waals surface area contributed by atoms with E-state index in [9.17, 15) is 4.79 Å². The summed E-state index contributed by atoms with van der Waals surface area (Å²) < 4.78 is 6.05. The molecule has 3 heteroatoms. The fourth-order valence-corrected chi connectivity index (χ4v) is 3.41. The van der Waals surface area contributed by atoms with Crippen molar-refractivity contribution in [2.75, 3.05) is 0 Å². The first kappa shape index (κ1) is 21.6. The molecule has 0 spiro atoms. The van der Waals surface area contributed by atoms with E-state index in [1.807, 2.05) is 79.7 Å². The van der Waals surface area contributed by atoms with E-state index in [2.05, 4.69) is 38.2 Å². The van der Waals surface area contributed by atoms with Gasteiger partial charge in [-0.3, -0.25) is 4.79 Å². The zero-order valence-corrected chi connectivity index (χ0v) is 18.3. The van der Waals surface area contributed by atoms with E-state index in [1.54, 1.807) is 0 Å². The van der Waals surface area contributed by atoms with Crippen molar-refractivity contribution in [3.8, 4) is 5.75 Å². The Balaban J connectivity index is 1.77. The van der Waals surface area contributed by atoms with Gasteiger partial charge in [0.2, 0.25) is 0 Å². The standard InChI is InChI=1S/C27H31NO2/c1-5-24(30-23-18-16-22(17-19-23)27(2,3)4)26(29)28-25(20-12-8-6-9-13-20)21-14-10-7-11-15-21/h6-19,24-25H,5H2,1-4H3,(H,28,29)/t24-/m0/s1. The Bertz CT molecular complexity index is 889. The maximum atomic E-state index is 13.1. The maximum absolute atomic E-state index is 13.1. The second kappa shape index (κ2) is 9.62. The van der Waals surface area contributed by atoms with Gasteiger partial charge >= 0.3 is 0 Å². The van der Waals surface area contributed by atoms with Crippen molar-refractivity contribution in [2.45, 2.75) is 51.7 Å². The van der Waals surface area contributed by atoms with Gasteiger partial charge in [0.15, 0.2) is 6.10 Å². The molecule has 3 rings (SSSR count). The smallest absolute Gasteiger partial charge is 0.261 e. The summed E-state index contributed by atoms with van der Waals surface area (Å²) >= 11 is 0. The van der Waals surface area contributed by atoms with Crippen molar-refractivity contribution >= 4 is 5.91 Å². The van der Waals surface area contributed by atoms with Crippen LogP contribution in [0, 0.1) is 0 Å². The minimum absolute atomic E-state index is 0.0820. The Morgan fingerprint density at radius 2 is 1.33 bits per heavy atom. The van der Waals surface area contributed by atoms with E-state index < -0.39 is 6.10 Å². The van der Waals surface area contributed by atoms with Crippen molar-refractivity contribution in [3.63, 3.8) is 0 Å². The maximum Gasteiger partial charge on any atom is 0.261 e. The number of ether oxygens (including phenoxy) is 1. The number of hydrogen-bond donors (Lipinski definition) is 1. The molecule has 0 saturated heterocycles. The van der Waals surface area contributed by atoms with Gasteiger partial charge in [0.05, 0.1) is 6.04 Å². The highest BCUT2D eigenvalue weighted by Gasteiger charge is 2.24. The molecule has 0 aromatic heterocycles. The Kier molecular flexibility index (Phi) is 6.94. The topological polar surface area (TPSA) is 38.3 Å². The van der Waals surface area contributed by atoms with Gasteiger partial charge in [0.25, 0.3) is 5.91 Å². The van der Waals surface area contributed by atoms with E-state index in [4.69, 9.17) is 4.74 Å². The average molecular weight is 402 g/mol. The van der Waals surface area contributed by atoms with Crippen LogP contribution < -0.4 is 10.1 Å². The van der Waals surface area contributed by atoms with Crippen LogP contribution in [0.25, 0.3) is 0 Å². The Morgan fingerprint density at radius 3 is 1.77 bits per heavy atom. The van der Waals surface area contributed by atoms with Gasteiger partial charge < -0.3 is 10.1 Å². The first-order valence-corrected chi connectivity index (χ1v) is 10.6. The van der Waals surface area contributed by atoms with E-state index >= 15 is 0 Å². The quantitative estimate of drug-likeness (QED) is 0.523. The number of carbonyl (C=O) groups excluding carboxylic acids is 1. The second-order valence-electron chi connectivity index (χ2n) is 8.55. The van der Waals surface area contributed by atoms with E-state index in [0.29, 0.717) is 12.2 Å². The van der Waals surface area contributed by atoms with Crippen LogP contribution in [-0.2, 0) is 10.2 Å². The summed E-state index contributed by atoms with van der Waals surface area (Å²) in [5.74, 6) is 0.594. The van der Waals surface area contributed by atoms with Gasteiger partial charge in [-0.1, -0.05) is 100 Å². The molecule has 3 nitrogen and oxygen atoms in total. The fraction of sp³-hybridized carbons (Fsp3) is 0.296. The molecule has 3 aromatic rings. The van der Waals surface area contributed by atoms with Crippen LogP contribution in [0.4, 0.5) is 0 Å². The molecule has 0 saturated carbocycles. The molecule has 0 unspecified atom stereocenters. The molecule has 1 amide bonds. The van der Waals surface area contributed by atoms with Gasteiger partial charge in [-0.05, 0) is 40.7 Å². The van der Waals surface area contributed by atoms with Crippen molar-refractivity contribution in [1.29, 1.82) is 0 Å². The summed E-state index contributed by atoms with van der Waals surface area (Å²) in [4.78, 5) is 13.1. The third kappa shape index (κ3) is 5.50. The van der Waals surface area contributed by atoms with E-state index in [-0.39, 0.29) is 17.4 Å². The van der Waals surface area contributed by atoms with Crippen LogP contribution in [0.5, 0.6) is 5.75 Å². The molecule has 0 fully saturated rings. The van der Waals surface area contributed by atoms with Crippen LogP contribution in [0.15, 0.2) is 84.9 Å². The first-order chi connectivity index (χ1) is 14.4. The molecule has 1 N–H and O–H groups in total. The summed E-state index contributed by atoms with van der Waals surface area (Å²) in [6.07, 6.45) is 0.0313. The average Bonchev–Trinajstić information content (AvgIpc) is 2.76. The Hall–Kier alpha value is -3.07. The number of carbonyl (C=O) groups is 1. The highest BCUT2D eigenvalue weighted by atomic mass is 16.5. The predicted molar refractivity (Wildman–Crippen MR) is 123 cm³/mol. The fourth-order valence-electron chi connectivity index (χ4n) is 3.41. The molecule has 0 radical (unpaired) electrons. The Morgan fingerprint density at radius 1 is 0.833 bits per heavy atom. The molecular formula is C27H31NO2. The minimum atomic E-state index is -0.555. The molecule has 0 heterocycles. The van der Waals surface area contributed by atoms with Gasteiger partial charge in [0, 0.05) is 0 Å². The monoisotopic (exact) mass is 401 g/mol. The number of hydrogen-bond acceptors (Lipinski definition) is 2. The van der Waals surface area contributed by atoms with Gasteiger partial charge in [-0.15, -0.1) is 0 Å². The highest BCUT2D eigenvalue weighted by Crippen LogP contribution is 2.26. The second-order valence-corrected chi connectivity index (χ2v) is 8.55. The summed E-state index contributed by atoms with van der Waals surface area (Å²) in [5.41, 5.74) is 3.40. The lowest BCUT2D eigenvalue weighted by molar-refractivity contribution is -0.128. The van der Waals surface area contributed by atoms with E-state index in [0.717, 1.165) is 11.1 Å². The highest BCUT2D eigenvalue weighted by molar-refractivity contribution is 5.82. The van der Waals surface area contributed by atoms with Gasteiger partial charge in [-0.2, -0.15) is 0 Å². The number of benzene rings is 3. The number of amides is 1. The normalized spacial score (nSPS) is 12.4. The largest absolute Gasteiger partial charge is 0.481 e. The van der Waals surface area contributed by atoms with Crippen molar-refractivity contribution < 1.29 is 9.53 Å². The van der Waals surface area contributed by atoms with Gasteiger partial charge in [-0.25, -0.2) is 0 Å². The van der Waals surface area contributed by atoms with Crippen molar-refractivity contribution in [1.82, 2.24) is 5.32 Å². The molecule has 0 bridgehead atoms. The third-order valence-corrected chi connectivity index (χ3v) is 5.21. The minimum Gasteiger partial charge on any atom is -0.481 e. The van der Waals surface area contributed by atoms with Crippen molar-refractivity contribution in [3.05, 3.63) is 102 Å². The molecule has 0 aliphatic carbocycles. The lowest BCUT2D eigenvalue weighted by atomic mass is 9.87. The lowest BCUT2D eigenvalue weighted by Gasteiger charge is -2.24. The summed E-state index contributed by atoms with van der Waals surface area (Å²) in [7, 11) is 0. The lowest BCUT2D eigenvalue weighted by Crippen LogP contribution is -2.40. The van der Waals surface area contributed by atoms with Crippen LogP contribution in [0.2, 0.25) is 0 Å². The SMILES string of the molecule is CC[C@H](Oc1ccc(C(C)(C)C)cc1)C(=O)NC(c1ccccc1)c1ccccc1. The number of rotatable bonds is 7. The van der Waals surface area contributed by atoms with Gasteiger partial charge in [0.1, 0.15) is 5.75 Å². The zero-order valence-electron chi connectivity index (χ0n) is 18.3. The van der Waals surface area contributed by atoms with E-state index in [1.165, 1.54) is 5.56 Å². The third-order valence-electron chi connectivity index (χ3n) is 5.21. The molecule has 30 heavy (non-hydrogen) atoms. The summed E-state index contributed by atoms with van der Waals surface area (Å²) in [6, 6.07) is 27.8. The molecule has 1 atom stereocenters. The molecular weight excluding hydrogens is 370 g/mol. The van der Waals surface area contributed by atoms with Crippen LogP contribution in [0.1, 0.15) is 56.8 Å². The Labute approximate surface area is 180 Å². The van der Waals surface area contributed by atoms with Crippen LogP contribution >= 0.6 is 0 Å². The van der Waals surface area contributed by atoms with Crippen molar-refractivity contribution in [2.24, 2.45) is 0 Å². The molecule has 0 aliphatic rings. The summed E-state index contributed by atoms with van der Waals surface area (Å²) in [6.45, 7) is 8.50. The molecule has 3 aromatic carbocycles. The summed E-state index contributed by atoms with van der Waals surface area (Å²) in [5, 5.41) is 3.19. The van der Waals surface area contributed by atoms with Crippen LogP contribution in [-0.4, -0.2) is 12.0 Å². The first-order valence-electron chi connectivity index (χ1n) is 10.6.